The van der Waals surface area contributed by atoms with E-state index < -0.39 is 0 Å². The highest BCUT2D eigenvalue weighted by atomic mass is 16.2. The molecule has 1 aliphatic rings. The largest absolute Gasteiger partial charge is 0.346 e. The fourth-order valence-electron chi connectivity index (χ4n) is 2.21. The van der Waals surface area contributed by atoms with Crippen molar-refractivity contribution in [3.63, 3.8) is 0 Å². The van der Waals surface area contributed by atoms with Crippen molar-refractivity contribution in [2.75, 3.05) is 33.2 Å². The first kappa shape index (κ1) is 13.5. The highest BCUT2D eigenvalue weighted by molar-refractivity contribution is 5.76. The zero-order valence-electron chi connectivity index (χ0n) is 10.6. The molecule has 1 fully saturated rings. The van der Waals surface area contributed by atoms with Crippen LogP contribution in [0, 0.1) is 0 Å². The third kappa shape index (κ3) is 4.10. The molecule has 0 bridgehead atoms. The summed E-state index contributed by atoms with van der Waals surface area (Å²) in [7, 11) is 1.87. The van der Waals surface area contributed by atoms with Crippen molar-refractivity contribution < 1.29 is 4.79 Å². The summed E-state index contributed by atoms with van der Waals surface area (Å²) in [4.78, 5) is 16.0. The number of rotatable bonds is 6. The van der Waals surface area contributed by atoms with E-state index >= 15 is 0 Å². The minimum atomic E-state index is 0.243. The molecule has 0 aromatic rings. The van der Waals surface area contributed by atoms with Crippen LogP contribution in [-0.2, 0) is 4.79 Å². The minimum Gasteiger partial charge on any atom is -0.346 e. The van der Waals surface area contributed by atoms with Gasteiger partial charge in [0.2, 0.25) is 5.91 Å². The molecule has 0 aromatic heterocycles. The van der Waals surface area contributed by atoms with Crippen molar-refractivity contribution in [1.82, 2.24) is 9.80 Å². The van der Waals surface area contributed by atoms with Crippen molar-refractivity contribution in [3.05, 3.63) is 0 Å². The Balaban J connectivity index is 2.18. The number of amides is 1. The predicted molar refractivity (Wildman–Crippen MR) is 66.2 cm³/mol. The van der Waals surface area contributed by atoms with Gasteiger partial charge in [0.15, 0.2) is 0 Å². The van der Waals surface area contributed by atoms with Gasteiger partial charge in [0.25, 0.3) is 0 Å². The first-order valence-corrected chi connectivity index (χ1v) is 6.33. The Morgan fingerprint density at radius 1 is 1.56 bits per heavy atom. The Morgan fingerprint density at radius 3 is 2.88 bits per heavy atom. The predicted octanol–water partition coefficient (Wildman–Crippen LogP) is 0.668. The molecule has 2 N–H and O–H groups in total. The van der Waals surface area contributed by atoms with Gasteiger partial charge in [-0.05, 0) is 39.3 Å². The van der Waals surface area contributed by atoms with Gasteiger partial charge in [-0.15, -0.1) is 0 Å². The van der Waals surface area contributed by atoms with Crippen LogP contribution >= 0.6 is 0 Å². The summed E-state index contributed by atoms with van der Waals surface area (Å²) in [5, 5.41) is 0. The summed E-state index contributed by atoms with van der Waals surface area (Å²) in [5.41, 5.74) is 5.42. The van der Waals surface area contributed by atoms with Gasteiger partial charge in [0.1, 0.15) is 0 Å². The van der Waals surface area contributed by atoms with Gasteiger partial charge in [-0.1, -0.05) is 0 Å². The van der Waals surface area contributed by atoms with Crippen LogP contribution in [0.1, 0.15) is 32.6 Å². The van der Waals surface area contributed by atoms with Crippen LogP contribution in [0.15, 0.2) is 0 Å². The average Bonchev–Trinajstić information content (AvgIpc) is 2.68. The fourth-order valence-corrected chi connectivity index (χ4v) is 2.21. The number of nitrogens with two attached hydrogens (primary N) is 1. The van der Waals surface area contributed by atoms with Crippen LogP contribution < -0.4 is 5.73 Å². The molecule has 1 heterocycles. The minimum absolute atomic E-state index is 0.243. The molecule has 94 valence electrons. The molecule has 0 saturated carbocycles. The molecular weight excluding hydrogens is 202 g/mol. The number of carbonyl (C=O) groups is 1. The molecule has 16 heavy (non-hydrogen) atoms. The maximum absolute atomic E-state index is 11.8. The van der Waals surface area contributed by atoms with Gasteiger partial charge in [0, 0.05) is 32.6 Å². The summed E-state index contributed by atoms with van der Waals surface area (Å²) in [5.74, 6) is 0.243. The van der Waals surface area contributed by atoms with Crippen LogP contribution in [0.5, 0.6) is 0 Å². The second-order valence-electron chi connectivity index (χ2n) is 4.73. The molecule has 1 amide bonds. The first-order valence-electron chi connectivity index (χ1n) is 6.33. The van der Waals surface area contributed by atoms with Gasteiger partial charge in [-0.25, -0.2) is 0 Å². The third-order valence-electron chi connectivity index (χ3n) is 3.43. The smallest absolute Gasteiger partial charge is 0.223 e. The number of likely N-dealkylation sites (tertiary alicyclic amines) is 1. The van der Waals surface area contributed by atoms with Crippen LogP contribution in [0.2, 0.25) is 0 Å². The lowest BCUT2D eigenvalue weighted by molar-refractivity contribution is -0.130. The topological polar surface area (TPSA) is 49.6 Å². The highest BCUT2D eigenvalue weighted by Gasteiger charge is 2.20. The number of hydrogen-bond donors (Lipinski definition) is 1. The van der Waals surface area contributed by atoms with E-state index in [1.807, 2.05) is 7.05 Å². The molecule has 0 radical (unpaired) electrons. The maximum Gasteiger partial charge on any atom is 0.223 e. The van der Waals surface area contributed by atoms with Gasteiger partial charge in [-0.2, -0.15) is 0 Å². The Bertz CT molecular complexity index is 220. The van der Waals surface area contributed by atoms with Crippen molar-refractivity contribution in [2.24, 2.45) is 5.73 Å². The lowest BCUT2D eigenvalue weighted by Crippen LogP contribution is -2.34. The lowest BCUT2D eigenvalue weighted by Gasteiger charge is -2.22. The van der Waals surface area contributed by atoms with Crippen molar-refractivity contribution >= 4 is 5.91 Å². The molecular formula is C12H25N3O. The molecule has 0 spiro atoms. The fraction of sp³-hybridized carbons (Fsp3) is 0.917. The standard InChI is InChI=1S/C12H25N3O/c1-11-5-3-9-15(11)10-6-12(16)14(2)8-4-7-13/h11H,3-10,13H2,1-2H3. The number of hydrogen-bond acceptors (Lipinski definition) is 3. The molecule has 1 unspecified atom stereocenters. The second kappa shape index (κ2) is 6.86. The lowest BCUT2D eigenvalue weighted by atomic mass is 10.2. The summed E-state index contributed by atoms with van der Waals surface area (Å²) < 4.78 is 0. The van der Waals surface area contributed by atoms with Gasteiger partial charge in [0.05, 0.1) is 0 Å². The van der Waals surface area contributed by atoms with E-state index in [2.05, 4.69) is 11.8 Å². The summed E-state index contributed by atoms with van der Waals surface area (Å²) in [6, 6.07) is 0.655. The van der Waals surface area contributed by atoms with Crippen LogP contribution in [0.3, 0.4) is 0 Å². The van der Waals surface area contributed by atoms with Gasteiger partial charge >= 0.3 is 0 Å². The molecule has 0 aromatic carbocycles. The Kier molecular flexibility index (Phi) is 5.77. The Morgan fingerprint density at radius 2 is 2.31 bits per heavy atom. The van der Waals surface area contributed by atoms with E-state index in [1.54, 1.807) is 4.90 Å². The van der Waals surface area contributed by atoms with Crippen molar-refractivity contribution in [3.8, 4) is 0 Å². The summed E-state index contributed by atoms with van der Waals surface area (Å²) in [6.45, 7) is 5.75. The molecule has 1 atom stereocenters. The van der Waals surface area contributed by atoms with Gasteiger partial charge < -0.3 is 15.5 Å². The van der Waals surface area contributed by atoms with Crippen LogP contribution in [-0.4, -0.2) is 55.0 Å². The summed E-state index contributed by atoms with van der Waals surface area (Å²) in [6.07, 6.45) is 4.09. The Labute approximate surface area is 98.8 Å². The van der Waals surface area contributed by atoms with E-state index in [1.165, 1.54) is 12.8 Å². The number of nitrogens with zero attached hydrogens (tertiary/aromatic N) is 2. The van der Waals surface area contributed by atoms with E-state index in [9.17, 15) is 4.79 Å². The zero-order chi connectivity index (χ0) is 12.0. The molecule has 1 saturated heterocycles. The van der Waals surface area contributed by atoms with Crippen molar-refractivity contribution in [2.45, 2.75) is 38.6 Å². The average molecular weight is 227 g/mol. The summed E-state index contributed by atoms with van der Waals surface area (Å²) >= 11 is 0. The Hall–Kier alpha value is -0.610. The molecule has 4 nitrogen and oxygen atoms in total. The maximum atomic E-state index is 11.8. The highest BCUT2D eigenvalue weighted by Crippen LogP contribution is 2.16. The van der Waals surface area contributed by atoms with E-state index in [-0.39, 0.29) is 5.91 Å². The SMILES string of the molecule is CC1CCCN1CCC(=O)N(C)CCCN. The monoisotopic (exact) mass is 227 g/mol. The second-order valence-corrected chi connectivity index (χ2v) is 4.73. The molecule has 4 heteroatoms. The van der Waals surface area contributed by atoms with E-state index in [0.717, 1.165) is 26.1 Å². The van der Waals surface area contributed by atoms with Crippen LogP contribution in [0.25, 0.3) is 0 Å². The normalized spacial score (nSPS) is 21.3. The van der Waals surface area contributed by atoms with Gasteiger partial charge in [-0.3, -0.25) is 4.79 Å². The van der Waals surface area contributed by atoms with Crippen LogP contribution in [0.4, 0.5) is 0 Å². The quantitative estimate of drug-likeness (QED) is 0.725. The first-order chi connectivity index (χ1) is 7.65. The molecule has 0 aliphatic carbocycles. The molecule has 1 aliphatic heterocycles. The molecule has 1 rings (SSSR count). The third-order valence-corrected chi connectivity index (χ3v) is 3.43. The van der Waals surface area contributed by atoms with Crippen molar-refractivity contribution in [1.29, 1.82) is 0 Å². The van der Waals surface area contributed by atoms with E-state index in [4.69, 9.17) is 5.73 Å². The number of carbonyl (C=O) groups excluding carboxylic acids is 1. The van der Waals surface area contributed by atoms with E-state index in [0.29, 0.717) is 19.0 Å². The zero-order valence-corrected chi connectivity index (χ0v) is 10.6.